The molecule has 1 saturated heterocycles. The van der Waals surface area contributed by atoms with Gasteiger partial charge in [0.15, 0.2) is 6.29 Å². The predicted octanol–water partition coefficient (Wildman–Crippen LogP) is 8.87. The third kappa shape index (κ3) is 31.5. The number of unbranched alkanes of at least 4 members (excludes halogenated alkanes) is 22. The number of nitrogens with one attached hydrogen (secondary N) is 1. The summed E-state index contributed by atoms with van der Waals surface area (Å²) in [6.07, 6.45) is 25.1. The van der Waals surface area contributed by atoms with E-state index in [9.17, 15) is 34.7 Å². The van der Waals surface area contributed by atoms with Gasteiger partial charge in [-0.05, 0) is 25.2 Å². The normalized spacial score (nSPS) is 21.9. The lowest BCUT2D eigenvalue weighted by Crippen LogP contribution is -2.60. The van der Waals surface area contributed by atoms with E-state index in [1.54, 1.807) is 6.08 Å². The highest BCUT2D eigenvalue weighted by molar-refractivity contribution is 7.47. The minimum absolute atomic E-state index is 0.0550. The molecule has 1 amide bonds. The zero-order valence-corrected chi connectivity index (χ0v) is 40.5. The van der Waals surface area contributed by atoms with Crippen molar-refractivity contribution in [2.24, 2.45) is 5.92 Å². The van der Waals surface area contributed by atoms with Gasteiger partial charge in [-0.1, -0.05) is 174 Å². The largest absolute Gasteiger partial charge is 0.472 e. The first-order chi connectivity index (χ1) is 29.1. The highest BCUT2D eigenvalue weighted by Gasteiger charge is 2.45. The molecule has 0 bridgehead atoms. The monoisotopic (exact) mass is 894 g/mol. The molecule has 0 aromatic heterocycles. The van der Waals surface area contributed by atoms with Crippen molar-refractivity contribution in [1.82, 2.24) is 5.32 Å². The lowest BCUT2D eigenvalue weighted by molar-refractivity contribution is -0.870. The minimum Gasteiger partial charge on any atom is -0.387 e. The number of hydrogen-bond acceptors (Lipinski definition) is 10. The van der Waals surface area contributed by atoms with Crippen molar-refractivity contribution in [3.63, 3.8) is 0 Å². The van der Waals surface area contributed by atoms with Gasteiger partial charge in [0.2, 0.25) is 5.91 Å². The molecule has 1 fully saturated rings. The fraction of sp³-hybridized carbons (Fsp3) is 0.936. The first kappa shape index (κ1) is 58.1. The molecule has 1 aliphatic heterocycles. The summed E-state index contributed by atoms with van der Waals surface area (Å²) >= 11 is 0. The first-order valence-corrected chi connectivity index (χ1v) is 25.9. The van der Waals surface area contributed by atoms with E-state index in [4.69, 9.17) is 18.5 Å². The Morgan fingerprint density at radius 3 is 1.77 bits per heavy atom. The number of phosphoric ester groups is 1. The zero-order chi connectivity index (χ0) is 45.4. The van der Waals surface area contributed by atoms with E-state index in [2.05, 4.69) is 26.1 Å². The number of hydrogen-bond donors (Lipinski definition) is 6. The van der Waals surface area contributed by atoms with Crippen LogP contribution in [0.2, 0.25) is 0 Å². The highest BCUT2D eigenvalue weighted by Crippen LogP contribution is 2.43. The van der Waals surface area contributed by atoms with E-state index in [0.29, 0.717) is 17.4 Å². The van der Waals surface area contributed by atoms with Gasteiger partial charge in [-0.15, -0.1) is 0 Å². The van der Waals surface area contributed by atoms with Crippen LogP contribution in [0.15, 0.2) is 12.2 Å². The molecule has 1 aliphatic rings. The Morgan fingerprint density at radius 2 is 1.25 bits per heavy atom. The van der Waals surface area contributed by atoms with Gasteiger partial charge in [-0.3, -0.25) is 13.8 Å². The Morgan fingerprint density at radius 1 is 0.738 bits per heavy atom. The summed E-state index contributed by atoms with van der Waals surface area (Å²) in [6, 6.07) is -0.891. The second kappa shape index (κ2) is 35.3. The van der Waals surface area contributed by atoms with Gasteiger partial charge in [-0.25, -0.2) is 4.57 Å². The second-order valence-corrected chi connectivity index (χ2v) is 20.5. The molecule has 6 N–H and O–H groups in total. The zero-order valence-electron chi connectivity index (χ0n) is 39.6. The van der Waals surface area contributed by atoms with E-state index in [1.807, 2.05) is 27.2 Å². The van der Waals surface area contributed by atoms with Crippen LogP contribution in [0.3, 0.4) is 0 Å². The van der Waals surface area contributed by atoms with Crippen molar-refractivity contribution in [2.45, 2.75) is 231 Å². The minimum atomic E-state index is -4.52. The van der Waals surface area contributed by atoms with Crippen molar-refractivity contribution in [2.75, 3.05) is 47.5 Å². The number of nitrogens with zero attached hydrogens (tertiary/aromatic N) is 1. The number of phosphoric acid groups is 1. The SMILES string of the molecule is CCCCCCCCCCCCCCCCCC(=O)N[C@@H](CO[C@@H]1O[C@H](COP(=O)(O)OCC[N+](C)(C)C)[C@H](O)[C@H](O)[C@H]1O)[C@H](O)/C=C/CCCCCCCCCCC(C)C. The molecule has 1 heterocycles. The fourth-order valence-corrected chi connectivity index (χ4v) is 8.15. The van der Waals surface area contributed by atoms with Crippen molar-refractivity contribution in [1.29, 1.82) is 0 Å². The molecule has 362 valence electrons. The molecule has 0 radical (unpaired) electrons. The number of aliphatic hydroxyl groups is 4. The van der Waals surface area contributed by atoms with Crippen LogP contribution in [-0.2, 0) is 27.9 Å². The average Bonchev–Trinajstić information content (AvgIpc) is 3.19. The lowest BCUT2D eigenvalue weighted by Gasteiger charge is -2.40. The van der Waals surface area contributed by atoms with E-state index in [1.165, 1.54) is 116 Å². The molecule has 0 saturated carbocycles. The molecule has 0 aromatic carbocycles. The van der Waals surface area contributed by atoms with Crippen LogP contribution in [0, 0.1) is 5.92 Å². The van der Waals surface area contributed by atoms with Gasteiger partial charge in [0, 0.05) is 6.42 Å². The van der Waals surface area contributed by atoms with E-state index < -0.39 is 57.3 Å². The van der Waals surface area contributed by atoms with Crippen molar-refractivity contribution < 1.29 is 57.7 Å². The van der Waals surface area contributed by atoms with Crippen LogP contribution in [0.1, 0.15) is 188 Å². The molecule has 61 heavy (non-hydrogen) atoms. The van der Waals surface area contributed by atoms with Gasteiger partial charge in [0.25, 0.3) is 0 Å². The molecule has 1 unspecified atom stereocenters. The maximum Gasteiger partial charge on any atom is 0.472 e. The summed E-state index contributed by atoms with van der Waals surface area (Å²) < 4.78 is 34.6. The summed E-state index contributed by atoms with van der Waals surface area (Å²) in [5.74, 6) is 0.548. The molecule has 1 rings (SSSR count). The van der Waals surface area contributed by atoms with E-state index in [-0.39, 0.29) is 19.1 Å². The van der Waals surface area contributed by atoms with Crippen LogP contribution in [-0.4, -0.2) is 126 Å². The third-order valence-corrected chi connectivity index (χ3v) is 12.5. The van der Waals surface area contributed by atoms with Crippen LogP contribution >= 0.6 is 7.82 Å². The Bertz CT molecular complexity index is 1140. The van der Waals surface area contributed by atoms with Gasteiger partial charge >= 0.3 is 7.82 Å². The molecular weight excluding hydrogens is 799 g/mol. The molecule has 13 nitrogen and oxygen atoms in total. The van der Waals surface area contributed by atoms with Gasteiger partial charge in [0.1, 0.15) is 37.6 Å². The van der Waals surface area contributed by atoms with Crippen LogP contribution in [0.25, 0.3) is 0 Å². The number of carbonyl (C=O) groups excluding carboxylic acids is 1. The van der Waals surface area contributed by atoms with Crippen LogP contribution < -0.4 is 5.32 Å². The maximum absolute atomic E-state index is 13.1. The van der Waals surface area contributed by atoms with Crippen molar-refractivity contribution in [3.05, 3.63) is 12.2 Å². The predicted molar refractivity (Wildman–Crippen MR) is 245 cm³/mol. The lowest BCUT2D eigenvalue weighted by atomic mass is 9.99. The smallest absolute Gasteiger partial charge is 0.387 e. The topological polar surface area (TPSA) is 184 Å². The third-order valence-electron chi connectivity index (χ3n) is 11.5. The summed E-state index contributed by atoms with van der Waals surface area (Å²) in [4.78, 5) is 23.3. The molecule has 14 heteroatoms. The quantitative estimate of drug-likeness (QED) is 0.0150. The van der Waals surface area contributed by atoms with Crippen LogP contribution in [0.5, 0.6) is 0 Å². The number of amides is 1. The Hall–Kier alpha value is -0.960. The molecule has 0 aliphatic carbocycles. The summed E-state index contributed by atoms with van der Waals surface area (Å²) in [6.45, 7) is 6.27. The number of allylic oxidation sites excluding steroid dienone is 1. The maximum atomic E-state index is 13.1. The number of carbonyl (C=O) groups is 1. The molecule has 0 aromatic rings. The average molecular weight is 894 g/mol. The van der Waals surface area contributed by atoms with E-state index in [0.717, 1.165) is 50.9 Å². The summed E-state index contributed by atoms with van der Waals surface area (Å²) in [7, 11) is 1.18. The van der Waals surface area contributed by atoms with Gasteiger partial charge < -0.3 is 44.6 Å². The van der Waals surface area contributed by atoms with E-state index >= 15 is 0 Å². The molecule has 8 atom stereocenters. The standard InChI is InChI=1S/C47H93N2O11P/c1-7-8-9-10-11-12-13-14-15-16-17-22-25-28-31-34-43(51)48-40(41(50)33-30-27-24-21-19-18-20-23-26-29-32-39(2)3)37-57-47-46(54)45(53)44(52)42(60-47)38-59-61(55,56)58-36-35-49(4,5)6/h30,33,39-42,44-47,50,52-54H,7-29,31-32,34-38H2,1-6H3,(H-,48,51,55,56)/p+1/b33-30+/t40-,41+,42+,44-,45-,46+,47+/m0/s1. The highest BCUT2D eigenvalue weighted by atomic mass is 31.2. The number of rotatable bonds is 40. The Kier molecular flexibility index (Phi) is 33.6. The second-order valence-electron chi connectivity index (χ2n) is 19.1. The van der Waals surface area contributed by atoms with Crippen LogP contribution in [0.4, 0.5) is 0 Å². The Labute approximate surface area is 371 Å². The fourth-order valence-electron chi connectivity index (χ4n) is 7.43. The van der Waals surface area contributed by atoms with Gasteiger partial charge in [0.05, 0.1) is 46.5 Å². The first-order valence-electron chi connectivity index (χ1n) is 24.4. The van der Waals surface area contributed by atoms with Gasteiger partial charge in [-0.2, -0.15) is 0 Å². The number of ether oxygens (including phenoxy) is 2. The number of aliphatic hydroxyl groups excluding tert-OH is 4. The molecular formula is C47H94N2O11P+. The number of likely N-dealkylation sites (N-methyl/N-ethyl adjacent to an activating group) is 1. The molecule has 0 spiro atoms. The summed E-state index contributed by atoms with van der Waals surface area (Å²) in [5, 5.41) is 46.0. The van der Waals surface area contributed by atoms with Crippen molar-refractivity contribution in [3.8, 4) is 0 Å². The summed E-state index contributed by atoms with van der Waals surface area (Å²) in [5.41, 5.74) is 0. The number of quaternary nitrogens is 1. The van der Waals surface area contributed by atoms with Crippen molar-refractivity contribution >= 4 is 13.7 Å². The Balaban J connectivity index is 2.65.